The molecule has 2 nitrogen and oxygen atoms in total. The first-order valence-electron chi connectivity index (χ1n) is 6.68. The molecule has 1 aromatic carbocycles. The molecule has 6 heteroatoms. The number of rotatable bonds is 2. The molecule has 2 aromatic heterocycles. The number of alkyl halides is 3. The summed E-state index contributed by atoms with van der Waals surface area (Å²) in [5, 5.41) is 0. The Balaban J connectivity index is 2.02. The monoisotopic (exact) mass is 318 g/mol. The third-order valence-electron chi connectivity index (χ3n) is 3.28. The first-order chi connectivity index (χ1) is 10.9. The van der Waals surface area contributed by atoms with Gasteiger partial charge in [-0.3, -0.25) is 9.97 Å². The Bertz CT molecular complexity index is 812. The molecule has 23 heavy (non-hydrogen) atoms. The average Bonchev–Trinajstić information content (AvgIpc) is 2.54. The normalized spacial score (nSPS) is 11.5. The summed E-state index contributed by atoms with van der Waals surface area (Å²) in [6.45, 7) is 0. The number of halogens is 4. The summed E-state index contributed by atoms with van der Waals surface area (Å²) >= 11 is 0. The van der Waals surface area contributed by atoms with Gasteiger partial charge in [0.2, 0.25) is 0 Å². The zero-order chi connectivity index (χ0) is 16.4. The maximum atomic E-state index is 13.8. The fourth-order valence-corrected chi connectivity index (χ4v) is 2.17. The molecule has 3 rings (SSSR count). The third-order valence-corrected chi connectivity index (χ3v) is 3.28. The second kappa shape index (κ2) is 5.79. The Morgan fingerprint density at radius 2 is 1.61 bits per heavy atom. The number of benzene rings is 1. The largest absolute Gasteiger partial charge is 0.417 e. The molecule has 0 amide bonds. The van der Waals surface area contributed by atoms with Gasteiger partial charge in [0.05, 0.1) is 11.3 Å². The second-order valence-electron chi connectivity index (χ2n) is 4.90. The minimum absolute atomic E-state index is 0.266. The summed E-state index contributed by atoms with van der Waals surface area (Å²) in [6.07, 6.45) is -0.530. The zero-order valence-electron chi connectivity index (χ0n) is 11.7. The highest BCUT2D eigenvalue weighted by atomic mass is 19.4. The quantitative estimate of drug-likeness (QED) is 0.624. The van der Waals surface area contributed by atoms with Crippen LogP contribution >= 0.6 is 0 Å². The van der Waals surface area contributed by atoms with Gasteiger partial charge in [0.15, 0.2) is 0 Å². The molecule has 0 aliphatic heterocycles. The molecule has 0 N–H and O–H groups in total. The number of hydrogen-bond donors (Lipinski definition) is 0. The lowest BCUT2D eigenvalue weighted by molar-refractivity contribution is -0.137. The second-order valence-corrected chi connectivity index (χ2v) is 4.90. The summed E-state index contributed by atoms with van der Waals surface area (Å²) < 4.78 is 51.5. The van der Waals surface area contributed by atoms with Crippen LogP contribution in [0.5, 0.6) is 0 Å². The number of pyridine rings is 2. The van der Waals surface area contributed by atoms with E-state index in [1.165, 1.54) is 18.2 Å². The zero-order valence-corrected chi connectivity index (χ0v) is 11.7. The molecule has 0 fully saturated rings. The van der Waals surface area contributed by atoms with Crippen molar-refractivity contribution in [2.75, 3.05) is 0 Å². The van der Waals surface area contributed by atoms with E-state index >= 15 is 0 Å². The van der Waals surface area contributed by atoms with Gasteiger partial charge in [0.1, 0.15) is 5.82 Å². The molecule has 0 atom stereocenters. The number of nitrogens with zero attached hydrogens (tertiary/aromatic N) is 2. The Hall–Kier alpha value is -2.76. The summed E-state index contributed by atoms with van der Waals surface area (Å²) in [5.74, 6) is -0.497. The van der Waals surface area contributed by atoms with Gasteiger partial charge < -0.3 is 0 Å². The van der Waals surface area contributed by atoms with Gasteiger partial charge in [-0.25, -0.2) is 4.39 Å². The van der Waals surface area contributed by atoms with Crippen molar-refractivity contribution in [1.29, 1.82) is 0 Å². The minimum Gasteiger partial charge on any atom is -0.264 e. The average molecular weight is 318 g/mol. The lowest BCUT2D eigenvalue weighted by atomic mass is 10.0. The van der Waals surface area contributed by atoms with E-state index in [4.69, 9.17) is 0 Å². The van der Waals surface area contributed by atoms with E-state index in [1.54, 1.807) is 30.6 Å². The van der Waals surface area contributed by atoms with Crippen LogP contribution in [0, 0.1) is 5.82 Å². The highest BCUT2D eigenvalue weighted by molar-refractivity contribution is 5.71. The van der Waals surface area contributed by atoms with Crippen LogP contribution in [0.25, 0.3) is 22.4 Å². The van der Waals surface area contributed by atoms with Gasteiger partial charge in [-0.1, -0.05) is 6.07 Å². The lowest BCUT2D eigenvalue weighted by Gasteiger charge is -2.08. The van der Waals surface area contributed by atoms with Crippen molar-refractivity contribution in [3.05, 3.63) is 72.4 Å². The lowest BCUT2D eigenvalue weighted by Crippen LogP contribution is -2.05. The van der Waals surface area contributed by atoms with Gasteiger partial charge in [-0.05, 0) is 42.0 Å². The third kappa shape index (κ3) is 3.36. The SMILES string of the molecule is Fc1cc(-c2cccnc2)cc(-c2ccc(C(F)(F)F)cn2)c1. The van der Waals surface area contributed by atoms with Crippen molar-refractivity contribution >= 4 is 0 Å². The molecule has 0 bridgehead atoms. The first kappa shape index (κ1) is 15.1. The molecule has 0 saturated carbocycles. The number of aromatic nitrogens is 2. The molecule has 116 valence electrons. The summed E-state index contributed by atoms with van der Waals surface area (Å²) in [5.41, 5.74) is 1.11. The van der Waals surface area contributed by atoms with Gasteiger partial charge in [0, 0.05) is 29.7 Å². The van der Waals surface area contributed by atoms with Crippen molar-refractivity contribution < 1.29 is 17.6 Å². The van der Waals surface area contributed by atoms with Crippen LogP contribution in [0.1, 0.15) is 5.56 Å². The smallest absolute Gasteiger partial charge is 0.264 e. The van der Waals surface area contributed by atoms with Crippen LogP contribution in [-0.4, -0.2) is 9.97 Å². The highest BCUT2D eigenvalue weighted by Gasteiger charge is 2.30. The van der Waals surface area contributed by atoms with Crippen LogP contribution in [0.15, 0.2) is 61.1 Å². The molecule has 0 radical (unpaired) electrons. The Morgan fingerprint density at radius 1 is 0.826 bits per heavy atom. The molecule has 3 aromatic rings. The topological polar surface area (TPSA) is 25.8 Å². The fourth-order valence-electron chi connectivity index (χ4n) is 2.17. The van der Waals surface area contributed by atoms with Crippen molar-refractivity contribution in [2.24, 2.45) is 0 Å². The summed E-state index contributed by atoms with van der Waals surface area (Å²) in [6, 6.07) is 9.87. The first-order valence-corrected chi connectivity index (χ1v) is 6.68. The molecule has 0 spiro atoms. The van der Waals surface area contributed by atoms with E-state index in [9.17, 15) is 17.6 Å². The Kier molecular flexibility index (Phi) is 3.82. The standard InChI is InChI=1S/C17H10F4N2/c18-15-7-12(11-2-1-5-22-9-11)6-13(8-15)16-4-3-14(10-23-16)17(19,20)21/h1-10H. The van der Waals surface area contributed by atoms with Gasteiger partial charge in [-0.2, -0.15) is 13.2 Å². The van der Waals surface area contributed by atoms with Crippen LogP contribution in [-0.2, 0) is 6.18 Å². The van der Waals surface area contributed by atoms with Crippen LogP contribution in [0.2, 0.25) is 0 Å². The number of hydrogen-bond acceptors (Lipinski definition) is 2. The predicted octanol–water partition coefficient (Wildman–Crippen LogP) is 4.97. The van der Waals surface area contributed by atoms with Crippen molar-refractivity contribution in [2.45, 2.75) is 6.18 Å². The summed E-state index contributed by atoms with van der Waals surface area (Å²) in [7, 11) is 0. The Morgan fingerprint density at radius 3 is 2.22 bits per heavy atom. The van der Waals surface area contributed by atoms with Crippen molar-refractivity contribution in [3.63, 3.8) is 0 Å². The fraction of sp³-hybridized carbons (Fsp3) is 0.0588. The van der Waals surface area contributed by atoms with E-state index in [-0.39, 0.29) is 5.69 Å². The molecular weight excluding hydrogens is 308 g/mol. The Labute approximate surface area is 129 Å². The molecule has 0 saturated heterocycles. The van der Waals surface area contributed by atoms with Crippen LogP contribution < -0.4 is 0 Å². The minimum atomic E-state index is -4.45. The van der Waals surface area contributed by atoms with E-state index in [0.29, 0.717) is 16.7 Å². The van der Waals surface area contributed by atoms with Crippen molar-refractivity contribution in [3.8, 4) is 22.4 Å². The molecule has 2 heterocycles. The van der Waals surface area contributed by atoms with Gasteiger partial charge >= 0.3 is 6.18 Å². The van der Waals surface area contributed by atoms with Crippen LogP contribution in [0.4, 0.5) is 17.6 Å². The maximum Gasteiger partial charge on any atom is 0.417 e. The van der Waals surface area contributed by atoms with E-state index in [1.807, 2.05) is 0 Å². The highest BCUT2D eigenvalue weighted by Crippen LogP contribution is 2.31. The van der Waals surface area contributed by atoms with E-state index < -0.39 is 17.6 Å². The van der Waals surface area contributed by atoms with Crippen molar-refractivity contribution in [1.82, 2.24) is 9.97 Å². The molecule has 0 aliphatic rings. The summed E-state index contributed by atoms with van der Waals surface area (Å²) in [4.78, 5) is 7.76. The van der Waals surface area contributed by atoms with E-state index in [0.717, 1.165) is 12.3 Å². The molecule has 0 aliphatic carbocycles. The molecule has 0 unspecified atom stereocenters. The maximum absolute atomic E-state index is 13.8. The predicted molar refractivity (Wildman–Crippen MR) is 77.9 cm³/mol. The molecular formula is C17H10F4N2. The van der Waals surface area contributed by atoms with Crippen LogP contribution in [0.3, 0.4) is 0 Å². The van der Waals surface area contributed by atoms with Gasteiger partial charge in [-0.15, -0.1) is 0 Å². The van der Waals surface area contributed by atoms with E-state index in [2.05, 4.69) is 9.97 Å². The van der Waals surface area contributed by atoms with Gasteiger partial charge in [0.25, 0.3) is 0 Å².